The molecule has 0 radical (unpaired) electrons. The first-order chi connectivity index (χ1) is 3.63. The van der Waals surface area contributed by atoms with Crippen LogP contribution >= 0.6 is 45.2 Å². The molecule has 0 spiro atoms. The third-order valence-corrected chi connectivity index (χ3v) is 1.72. The monoisotopic (exact) mass is 336 g/mol. The van der Waals surface area contributed by atoms with E-state index in [1.54, 1.807) is 0 Å². The summed E-state index contributed by atoms with van der Waals surface area (Å²) in [6, 6.07) is 0. The molecule has 0 nitrogen and oxygen atoms in total. The van der Waals surface area contributed by atoms with Gasteiger partial charge in [0.05, 0.1) is 1.93 Å². The van der Waals surface area contributed by atoms with Crippen molar-refractivity contribution in [2.75, 3.05) is 0 Å². The third-order valence-electron chi connectivity index (χ3n) is 0.704. The Hall–Kier alpha value is 1.20. The number of hydrogen-bond donors (Lipinski definition) is 0. The Balaban J connectivity index is 3.29. The summed E-state index contributed by atoms with van der Waals surface area (Å²) in [7, 11) is 0. The van der Waals surface area contributed by atoms with Gasteiger partial charge in [0, 0.05) is 0 Å². The van der Waals surface area contributed by atoms with E-state index in [-0.39, 0.29) is 0 Å². The molecule has 0 aromatic heterocycles. The first-order valence-electron chi connectivity index (χ1n) is 2.54. The van der Waals surface area contributed by atoms with Crippen LogP contribution in [0.4, 0.5) is 0 Å². The zero-order chi connectivity index (χ0) is 6.57. The summed E-state index contributed by atoms with van der Waals surface area (Å²) in [6.45, 7) is 4.27. The van der Waals surface area contributed by atoms with E-state index in [9.17, 15) is 0 Å². The van der Waals surface area contributed by atoms with Crippen molar-refractivity contribution in [2.45, 2.75) is 22.2 Å². The van der Waals surface area contributed by atoms with E-state index >= 15 is 0 Å². The van der Waals surface area contributed by atoms with Crippen molar-refractivity contribution in [2.24, 2.45) is 0 Å². The molecule has 0 amide bonds. The van der Waals surface area contributed by atoms with Gasteiger partial charge >= 0.3 is 0 Å². The predicted octanol–water partition coefficient (Wildman–Crippen LogP) is 3.54. The Bertz CT molecular complexity index is 80.5. The summed E-state index contributed by atoms with van der Waals surface area (Å²) in [4.78, 5) is 0. The van der Waals surface area contributed by atoms with Gasteiger partial charge in [-0.15, -0.1) is 0 Å². The van der Waals surface area contributed by atoms with Gasteiger partial charge in [-0.1, -0.05) is 56.8 Å². The highest BCUT2D eigenvalue weighted by Crippen LogP contribution is 2.15. The molecule has 0 saturated carbocycles. The molecule has 0 rings (SSSR count). The Labute approximate surface area is 78.4 Å². The lowest BCUT2D eigenvalue weighted by Gasteiger charge is -1.93. The van der Waals surface area contributed by atoms with Gasteiger partial charge in [0.15, 0.2) is 0 Å². The smallest absolute Gasteiger partial charge is 0.0661 e. The number of rotatable bonds is 2. The van der Waals surface area contributed by atoms with Crippen molar-refractivity contribution in [1.82, 2.24) is 0 Å². The topological polar surface area (TPSA) is 0 Å². The van der Waals surface area contributed by atoms with Crippen LogP contribution in [0.15, 0.2) is 11.6 Å². The van der Waals surface area contributed by atoms with E-state index in [1.807, 2.05) is 0 Å². The molecule has 0 fully saturated rings. The van der Waals surface area contributed by atoms with E-state index in [2.05, 4.69) is 65.1 Å². The Morgan fingerprint density at radius 2 is 2.00 bits per heavy atom. The maximum Gasteiger partial charge on any atom is 0.0661 e. The van der Waals surface area contributed by atoms with Gasteiger partial charge in [-0.25, -0.2) is 0 Å². The molecule has 48 valence electrons. The fourth-order valence-corrected chi connectivity index (χ4v) is 0.833. The second kappa shape index (κ2) is 5.02. The Morgan fingerprint density at radius 1 is 1.50 bits per heavy atom. The van der Waals surface area contributed by atoms with Crippen molar-refractivity contribution in [1.29, 1.82) is 0 Å². The quantitative estimate of drug-likeness (QED) is 0.411. The lowest BCUT2D eigenvalue weighted by atomic mass is 10.3. The molecule has 0 N–H and O–H groups in total. The number of hydrogen-bond acceptors (Lipinski definition) is 0. The van der Waals surface area contributed by atoms with Gasteiger partial charge in [0.2, 0.25) is 0 Å². The molecule has 2 heteroatoms. The van der Waals surface area contributed by atoms with Gasteiger partial charge in [-0.05, 0) is 20.3 Å². The van der Waals surface area contributed by atoms with Crippen molar-refractivity contribution in [3.05, 3.63) is 11.6 Å². The highest BCUT2D eigenvalue weighted by Gasteiger charge is 1.90. The number of allylic oxidation sites excluding steroid dienone is 2. The summed E-state index contributed by atoms with van der Waals surface area (Å²) in [5.74, 6) is 0. The molecule has 0 unspecified atom stereocenters. The summed E-state index contributed by atoms with van der Waals surface area (Å²) < 4.78 is 0.750. The molecule has 0 aromatic rings. The molecule has 0 aliphatic heterocycles. The average molecular weight is 336 g/mol. The largest absolute Gasteiger partial charge is 0.0841 e. The molecule has 0 heterocycles. The summed E-state index contributed by atoms with van der Waals surface area (Å²) in [5, 5.41) is 0. The standard InChI is InChI=1S/C6H10I2/c1-5(2)3-4-6(7)8/h3,6H,4H2,1-2H3. The minimum Gasteiger partial charge on any atom is -0.0841 e. The maximum atomic E-state index is 2.42. The highest BCUT2D eigenvalue weighted by molar-refractivity contribution is 14.2. The van der Waals surface area contributed by atoms with E-state index in [0.717, 1.165) is 1.93 Å². The van der Waals surface area contributed by atoms with Crippen molar-refractivity contribution in [3.63, 3.8) is 0 Å². The van der Waals surface area contributed by atoms with E-state index in [1.165, 1.54) is 12.0 Å². The second-order valence-corrected chi connectivity index (χ2v) is 7.30. The van der Waals surface area contributed by atoms with Crippen LogP contribution in [0.2, 0.25) is 0 Å². The van der Waals surface area contributed by atoms with Crippen LogP contribution in [-0.2, 0) is 0 Å². The molecule has 8 heavy (non-hydrogen) atoms. The second-order valence-electron chi connectivity index (χ2n) is 1.91. The zero-order valence-corrected chi connectivity index (χ0v) is 9.43. The van der Waals surface area contributed by atoms with Gasteiger partial charge in [0.1, 0.15) is 0 Å². The minimum atomic E-state index is 0.750. The highest BCUT2D eigenvalue weighted by atomic mass is 127. The van der Waals surface area contributed by atoms with Crippen molar-refractivity contribution in [3.8, 4) is 0 Å². The van der Waals surface area contributed by atoms with Gasteiger partial charge < -0.3 is 0 Å². The first-order valence-corrected chi connectivity index (χ1v) is 5.03. The van der Waals surface area contributed by atoms with E-state index in [0.29, 0.717) is 0 Å². The van der Waals surface area contributed by atoms with Crippen LogP contribution in [0, 0.1) is 0 Å². The van der Waals surface area contributed by atoms with E-state index < -0.39 is 0 Å². The van der Waals surface area contributed by atoms with E-state index in [4.69, 9.17) is 0 Å². The maximum absolute atomic E-state index is 2.42. The SMILES string of the molecule is CC(C)=CCC(I)I. The molecule has 0 atom stereocenters. The third kappa shape index (κ3) is 7.20. The van der Waals surface area contributed by atoms with Gasteiger partial charge in [0.25, 0.3) is 0 Å². The van der Waals surface area contributed by atoms with Crippen LogP contribution < -0.4 is 0 Å². The number of halogens is 2. The Morgan fingerprint density at radius 3 is 2.12 bits per heavy atom. The van der Waals surface area contributed by atoms with Crippen LogP contribution in [0.5, 0.6) is 0 Å². The number of alkyl halides is 2. The summed E-state index contributed by atoms with van der Waals surface area (Å²) >= 11 is 4.84. The lowest BCUT2D eigenvalue weighted by molar-refractivity contribution is 1.19. The normalized spacial score (nSPS) is 9.62. The molecular formula is C6H10I2. The van der Waals surface area contributed by atoms with Crippen LogP contribution in [-0.4, -0.2) is 1.93 Å². The van der Waals surface area contributed by atoms with Crippen LogP contribution in [0.1, 0.15) is 20.3 Å². The fourth-order valence-electron chi connectivity index (χ4n) is 0.325. The van der Waals surface area contributed by atoms with Gasteiger partial charge in [-0.2, -0.15) is 0 Å². The van der Waals surface area contributed by atoms with Gasteiger partial charge in [-0.3, -0.25) is 0 Å². The summed E-state index contributed by atoms with van der Waals surface area (Å²) in [5.41, 5.74) is 1.42. The summed E-state index contributed by atoms with van der Waals surface area (Å²) in [6.07, 6.45) is 3.47. The molecular weight excluding hydrogens is 326 g/mol. The zero-order valence-electron chi connectivity index (χ0n) is 5.12. The minimum absolute atomic E-state index is 0.750. The first kappa shape index (κ1) is 9.20. The van der Waals surface area contributed by atoms with Crippen LogP contribution in [0.3, 0.4) is 0 Å². The average Bonchev–Trinajstić information content (AvgIpc) is 1.61. The molecule has 0 aliphatic rings. The molecule has 0 aromatic carbocycles. The molecule has 0 bridgehead atoms. The predicted molar refractivity (Wildman–Crippen MR) is 55.9 cm³/mol. The van der Waals surface area contributed by atoms with Crippen LogP contribution in [0.25, 0.3) is 0 Å². The van der Waals surface area contributed by atoms with Crippen molar-refractivity contribution >= 4 is 45.2 Å². The lowest BCUT2D eigenvalue weighted by Crippen LogP contribution is -1.78. The Kier molecular flexibility index (Phi) is 5.78. The molecule has 0 saturated heterocycles. The van der Waals surface area contributed by atoms with Crippen molar-refractivity contribution < 1.29 is 0 Å². The fraction of sp³-hybridized carbons (Fsp3) is 0.667. The molecule has 0 aliphatic carbocycles.